The molecule has 0 atom stereocenters. The summed E-state index contributed by atoms with van der Waals surface area (Å²) < 4.78 is 7.56. The van der Waals surface area contributed by atoms with E-state index in [9.17, 15) is 9.59 Å². The van der Waals surface area contributed by atoms with Crippen LogP contribution in [0.15, 0.2) is 58.2 Å². The van der Waals surface area contributed by atoms with Gasteiger partial charge in [-0.05, 0) is 24.3 Å². The lowest BCUT2D eigenvalue weighted by Gasteiger charge is -2.09. The largest absolute Gasteiger partial charge is 0.465 e. The standard InChI is InChI=1S/C19H17BrN4O3S/c1-24-17(12-7-9-13(20)10-8-12)22-23-19(24)28-11-16(25)21-15-6-4-3-5-14(15)18(26)27-2/h3-10H,11H2,1-2H3,(H,21,25). The van der Waals surface area contributed by atoms with Gasteiger partial charge in [0.25, 0.3) is 0 Å². The van der Waals surface area contributed by atoms with E-state index in [-0.39, 0.29) is 11.7 Å². The van der Waals surface area contributed by atoms with Crippen LogP contribution in [0.5, 0.6) is 0 Å². The molecular formula is C19H17BrN4O3S. The SMILES string of the molecule is COC(=O)c1ccccc1NC(=O)CSc1nnc(-c2ccc(Br)cc2)n1C. The highest BCUT2D eigenvalue weighted by atomic mass is 79.9. The van der Waals surface area contributed by atoms with E-state index >= 15 is 0 Å². The molecule has 0 spiro atoms. The second-order valence-corrected chi connectivity index (χ2v) is 7.60. The molecule has 0 bridgehead atoms. The molecule has 7 nitrogen and oxygen atoms in total. The van der Waals surface area contributed by atoms with E-state index in [0.29, 0.717) is 22.2 Å². The number of nitrogens with zero attached hydrogens (tertiary/aromatic N) is 3. The number of ether oxygens (including phenoxy) is 1. The maximum absolute atomic E-state index is 12.3. The first-order valence-corrected chi connectivity index (χ1v) is 10.0. The molecule has 0 saturated carbocycles. The smallest absolute Gasteiger partial charge is 0.339 e. The summed E-state index contributed by atoms with van der Waals surface area (Å²) in [5.41, 5.74) is 1.65. The van der Waals surface area contributed by atoms with Crippen molar-refractivity contribution in [2.75, 3.05) is 18.2 Å². The lowest BCUT2D eigenvalue weighted by Crippen LogP contribution is -2.17. The van der Waals surface area contributed by atoms with Crippen LogP contribution in [0.3, 0.4) is 0 Å². The lowest BCUT2D eigenvalue weighted by atomic mass is 10.2. The van der Waals surface area contributed by atoms with Crippen molar-refractivity contribution in [3.8, 4) is 11.4 Å². The molecule has 0 radical (unpaired) electrons. The summed E-state index contributed by atoms with van der Waals surface area (Å²) in [5.74, 6) is 0.0823. The molecule has 0 aliphatic heterocycles. The van der Waals surface area contributed by atoms with Gasteiger partial charge in [0.2, 0.25) is 5.91 Å². The minimum absolute atomic E-state index is 0.127. The highest BCUT2D eigenvalue weighted by Crippen LogP contribution is 2.24. The number of halogens is 1. The molecule has 1 N–H and O–H groups in total. The number of amides is 1. The van der Waals surface area contributed by atoms with E-state index in [1.807, 2.05) is 35.9 Å². The van der Waals surface area contributed by atoms with Crippen LogP contribution in [0, 0.1) is 0 Å². The second kappa shape index (κ2) is 9.03. The Morgan fingerprint density at radius 2 is 1.86 bits per heavy atom. The quantitative estimate of drug-likeness (QED) is 0.445. The van der Waals surface area contributed by atoms with E-state index in [4.69, 9.17) is 4.74 Å². The van der Waals surface area contributed by atoms with Gasteiger partial charge < -0.3 is 14.6 Å². The molecule has 0 saturated heterocycles. The fourth-order valence-electron chi connectivity index (χ4n) is 2.49. The molecule has 0 unspecified atom stereocenters. The van der Waals surface area contributed by atoms with Crippen LogP contribution in [0.4, 0.5) is 5.69 Å². The predicted octanol–water partition coefficient (Wildman–Crippen LogP) is 3.76. The lowest BCUT2D eigenvalue weighted by molar-refractivity contribution is -0.113. The van der Waals surface area contributed by atoms with E-state index in [0.717, 1.165) is 10.0 Å². The van der Waals surface area contributed by atoms with Crippen molar-refractivity contribution in [3.05, 3.63) is 58.6 Å². The highest BCUT2D eigenvalue weighted by molar-refractivity contribution is 9.10. The molecule has 2 aromatic carbocycles. The third-order valence-corrected chi connectivity index (χ3v) is 5.43. The Kier molecular flexibility index (Phi) is 6.48. The molecule has 0 aliphatic rings. The zero-order valence-corrected chi connectivity index (χ0v) is 17.6. The van der Waals surface area contributed by atoms with Crippen LogP contribution in [0.25, 0.3) is 11.4 Å². The number of hydrogen-bond acceptors (Lipinski definition) is 6. The fraction of sp³-hybridized carbons (Fsp3) is 0.158. The van der Waals surface area contributed by atoms with Crippen molar-refractivity contribution < 1.29 is 14.3 Å². The first kappa shape index (κ1) is 20.1. The van der Waals surface area contributed by atoms with Gasteiger partial charge in [-0.3, -0.25) is 4.79 Å². The molecule has 0 fully saturated rings. The minimum Gasteiger partial charge on any atom is -0.465 e. The molecule has 0 aliphatic carbocycles. The van der Waals surface area contributed by atoms with Crippen LogP contribution < -0.4 is 5.32 Å². The monoisotopic (exact) mass is 460 g/mol. The maximum Gasteiger partial charge on any atom is 0.339 e. The summed E-state index contributed by atoms with van der Waals surface area (Å²) in [7, 11) is 3.15. The van der Waals surface area contributed by atoms with Crippen LogP contribution in [0.2, 0.25) is 0 Å². The summed E-state index contributed by atoms with van der Waals surface area (Å²) in [5, 5.41) is 11.7. The van der Waals surface area contributed by atoms with E-state index in [1.165, 1.54) is 18.9 Å². The minimum atomic E-state index is -0.504. The zero-order valence-electron chi connectivity index (χ0n) is 15.2. The molecule has 3 aromatic rings. The van der Waals surface area contributed by atoms with E-state index < -0.39 is 5.97 Å². The predicted molar refractivity (Wildman–Crippen MR) is 111 cm³/mol. The number of anilines is 1. The van der Waals surface area contributed by atoms with Crippen LogP contribution in [0.1, 0.15) is 10.4 Å². The number of carbonyl (C=O) groups excluding carboxylic acids is 2. The summed E-state index contributed by atoms with van der Waals surface area (Å²) in [6.07, 6.45) is 0. The van der Waals surface area contributed by atoms with Gasteiger partial charge in [0.15, 0.2) is 11.0 Å². The fourth-order valence-corrected chi connectivity index (χ4v) is 3.46. The van der Waals surface area contributed by atoms with Gasteiger partial charge in [-0.15, -0.1) is 10.2 Å². The van der Waals surface area contributed by atoms with E-state index in [2.05, 4.69) is 31.4 Å². The van der Waals surface area contributed by atoms with Gasteiger partial charge in [0.05, 0.1) is 24.1 Å². The average molecular weight is 461 g/mol. The first-order valence-electron chi connectivity index (χ1n) is 8.25. The Balaban J connectivity index is 1.66. The Morgan fingerprint density at radius 3 is 2.57 bits per heavy atom. The molecule has 9 heteroatoms. The van der Waals surface area contributed by atoms with Gasteiger partial charge in [-0.1, -0.05) is 52.0 Å². The molecule has 144 valence electrons. The van der Waals surface area contributed by atoms with Gasteiger partial charge in [-0.25, -0.2) is 4.79 Å². The molecule has 3 rings (SSSR count). The normalized spacial score (nSPS) is 10.5. The van der Waals surface area contributed by atoms with Crippen molar-refractivity contribution in [2.24, 2.45) is 7.05 Å². The van der Waals surface area contributed by atoms with Gasteiger partial charge in [-0.2, -0.15) is 0 Å². The van der Waals surface area contributed by atoms with Gasteiger partial charge in [0.1, 0.15) is 0 Å². The third kappa shape index (κ3) is 4.60. The number of thioether (sulfide) groups is 1. The molecule has 28 heavy (non-hydrogen) atoms. The summed E-state index contributed by atoms with van der Waals surface area (Å²) in [6, 6.07) is 14.5. The Bertz CT molecular complexity index is 1000. The van der Waals surface area contributed by atoms with Crippen molar-refractivity contribution >= 4 is 45.3 Å². The van der Waals surface area contributed by atoms with Crippen molar-refractivity contribution in [1.29, 1.82) is 0 Å². The number of carbonyl (C=O) groups is 2. The van der Waals surface area contributed by atoms with Gasteiger partial charge in [0, 0.05) is 17.1 Å². The molecule has 1 aromatic heterocycles. The summed E-state index contributed by atoms with van der Waals surface area (Å²) >= 11 is 4.67. The number of nitrogens with one attached hydrogen (secondary N) is 1. The summed E-state index contributed by atoms with van der Waals surface area (Å²) in [4.78, 5) is 24.1. The van der Waals surface area contributed by atoms with Crippen molar-refractivity contribution in [1.82, 2.24) is 14.8 Å². The molecule has 1 heterocycles. The van der Waals surface area contributed by atoms with Gasteiger partial charge >= 0.3 is 5.97 Å². The Labute approximate surface area is 174 Å². The topological polar surface area (TPSA) is 86.1 Å². The van der Waals surface area contributed by atoms with Crippen molar-refractivity contribution in [3.63, 3.8) is 0 Å². The number of benzene rings is 2. The number of methoxy groups -OCH3 is 1. The highest BCUT2D eigenvalue weighted by Gasteiger charge is 2.15. The molecular weight excluding hydrogens is 444 g/mol. The average Bonchev–Trinajstić information content (AvgIpc) is 3.07. The molecule has 1 amide bonds. The third-order valence-electron chi connectivity index (χ3n) is 3.88. The maximum atomic E-state index is 12.3. The number of rotatable bonds is 6. The number of hydrogen-bond donors (Lipinski definition) is 1. The Hall–Kier alpha value is -2.65. The number of esters is 1. The van der Waals surface area contributed by atoms with Crippen LogP contribution >= 0.6 is 27.7 Å². The Morgan fingerprint density at radius 1 is 1.14 bits per heavy atom. The first-order chi connectivity index (χ1) is 13.5. The summed E-state index contributed by atoms with van der Waals surface area (Å²) in [6.45, 7) is 0. The van der Waals surface area contributed by atoms with Crippen LogP contribution in [-0.4, -0.2) is 39.5 Å². The van der Waals surface area contributed by atoms with Crippen molar-refractivity contribution in [2.45, 2.75) is 5.16 Å². The number of aromatic nitrogens is 3. The van der Waals surface area contributed by atoms with E-state index in [1.54, 1.807) is 24.3 Å². The number of para-hydroxylation sites is 1. The zero-order chi connectivity index (χ0) is 20.1. The second-order valence-electron chi connectivity index (χ2n) is 5.75. The van der Waals surface area contributed by atoms with Crippen LogP contribution in [-0.2, 0) is 16.6 Å².